The predicted molar refractivity (Wildman–Crippen MR) is 96.0 cm³/mol. The first kappa shape index (κ1) is 20.0. The molecular formula is C20H22F4N2O3. The Balaban J connectivity index is 1.57. The summed E-state index contributed by atoms with van der Waals surface area (Å²) in [5, 5.41) is 0. The van der Waals surface area contributed by atoms with Gasteiger partial charge in [-0.2, -0.15) is 13.2 Å². The van der Waals surface area contributed by atoms with Gasteiger partial charge >= 0.3 is 12.3 Å². The van der Waals surface area contributed by atoms with Crippen LogP contribution < -0.4 is 4.90 Å². The number of nitrogens with zero attached hydrogens (tertiary/aromatic N) is 2. The Kier molecular flexibility index (Phi) is 4.94. The molecule has 0 radical (unpaired) electrons. The molecule has 2 heterocycles. The molecule has 1 aliphatic carbocycles. The number of fused-ring (bicyclic) bond motifs is 2. The van der Waals surface area contributed by atoms with Crippen molar-refractivity contribution in [3.05, 3.63) is 29.6 Å². The highest BCUT2D eigenvalue weighted by molar-refractivity contribution is 6.01. The Morgan fingerprint density at radius 2 is 1.90 bits per heavy atom. The van der Waals surface area contributed by atoms with Crippen molar-refractivity contribution in [1.82, 2.24) is 4.90 Å². The standard InChI is InChI=1S/C20H22F4N2O3/c21-13-5-3-6-14-16(13)19(8-1-2-9-19)11-26(14)17(27)15-7-4-10-25(15)18(28)29-12-20(22,23)24/h3,5-6,15H,1-2,4,7-12H2/t15-/m0/s1. The summed E-state index contributed by atoms with van der Waals surface area (Å²) >= 11 is 0. The van der Waals surface area contributed by atoms with Crippen molar-refractivity contribution in [2.75, 3.05) is 24.6 Å². The lowest BCUT2D eigenvalue weighted by Gasteiger charge is -2.29. The third-order valence-corrected chi connectivity index (χ3v) is 6.23. The molecule has 1 aromatic carbocycles. The molecule has 158 valence electrons. The first-order valence-electron chi connectivity index (χ1n) is 9.82. The van der Waals surface area contributed by atoms with Crippen LogP contribution in [-0.2, 0) is 14.9 Å². The second-order valence-corrected chi connectivity index (χ2v) is 8.07. The van der Waals surface area contributed by atoms with Crippen LogP contribution in [0.15, 0.2) is 18.2 Å². The van der Waals surface area contributed by atoms with Gasteiger partial charge in [-0.3, -0.25) is 9.69 Å². The minimum Gasteiger partial charge on any atom is -0.440 e. The number of amides is 2. The maximum absolute atomic E-state index is 14.7. The zero-order valence-corrected chi connectivity index (χ0v) is 15.8. The van der Waals surface area contributed by atoms with Crippen LogP contribution in [0.2, 0.25) is 0 Å². The van der Waals surface area contributed by atoms with Crippen molar-refractivity contribution in [1.29, 1.82) is 0 Å². The lowest BCUT2D eigenvalue weighted by Crippen LogP contribution is -2.49. The summed E-state index contributed by atoms with van der Waals surface area (Å²) < 4.78 is 56.1. The lowest BCUT2D eigenvalue weighted by molar-refractivity contribution is -0.162. The Hall–Kier alpha value is -2.32. The van der Waals surface area contributed by atoms with Gasteiger partial charge in [0.15, 0.2) is 6.61 Å². The van der Waals surface area contributed by atoms with E-state index in [2.05, 4.69) is 4.74 Å². The molecule has 9 heteroatoms. The quantitative estimate of drug-likeness (QED) is 0.684. The molecule has 0 unspecified atom stereocenters. The molecule has 3 aliphatic rings. The van der Waals surface area contributed by atoms with E-state index >= 15 is 0 Å². The molecule has 0 N–H and O–H groups in total. The van der Waals surface area contributed by atoms with Gasteiger partial charge in [-0.1, -0.05) is 18.9 Å². The van der Waals surface area contributed by atoms with E-state index in [1.165, 1.54) is 11.0 Å². The third kappa shape index (κ3) is 3.55. The first-order valence-corrected chi connectivity index (χ1v) is 9.82. The summed E-state index contributed by atoms with van der Waals surface area (Å²) in [7, 11) is 0. The number of anilines is 1. The molecule has 1 spiro atoms. The van der Waals surface area contributed by atoms with Crippen molar-refractivity contribution in [3.8, 4) is 0 Å². The van der Waals surface area contributed by atoms with Crippen molar-refractivity contribution < 1.29 is 31.9 Å². The summed E-state index contributed by atoms with van der Waals surface area (Å²) in [4.78, 5) is 28.0. The Bertz CT molecular complexity index is 820. The number of hydrogen-bond donors (Lipinski definition) is 0. The second kappa shape index (κ2) is 7.18. The van der Waals surface area contributed by atoms with Crippen LogP contribution in [-0.4, -0.2) is 48.8 Å². The van der Waals surface area contributed by atoms with E-state index in [-0.39, 0.29) is 18.3 Å². The minimum absolute atomic E-state index is 0.155. The van der Waals surface area contributed by atoms with Gasteiger partial charge in [-0.25, -0.2) is 9.18 Å². The van der Waals surface area contributed by atoms with E-state index in [9.17, 15) is 27.2 Å². The summed E-state index contributed by atoms with van der Waals surface area (Å²) in [5.74, 6) is -0.727. The summed E-state index contributed by atoms with van der Waals surface area (Å²) in [5.41, 5.74) is 0.638. The molecule has 1 aromatic rings. The van der Waals surface area contributed by atoms with Crippen LogP contribution in [0.3, 0.4) is 0 Å². The number of rotatable bonds is 2. The number of hydrogen-bond acceptors (Lipinski definition) is 3. The van der Waals surface area contributed by atoms with Crippen molar-refractivity contribution >= 4 is 17.7 Å². The van der Waals surface area contributed by atoms with Crippen molar-refractivity contribution in [3.63, 3.8) is 0 Å². The Labute approximate surface area is 165 Å². The van der Waals surface area contributed by atoms with Gasteiger partial charge in [0.05, 0.1) is 5.69 Å². The first-order chi connectivity index (χ1) is 13.7. The van der Waals surface area contributed by atoms with Crippen LogP contribution in [0.1, 0.15) is 44.1 Å². The SMILES string of the molecule is O=C([C@@H]1CCCN1C(=O)OCC(F)(F)F)N1CC2(CCCC2)c2c(F)cccc21. The van der Waals surface area contributed by atoms with E-state index in [1.807, 2.05) is 0 Å². The van der Waals surface area contributed by atoms with Gasteiger partial charge < -0.3 is 9.64 Å². The maximum Gasteiger partial charge on any atom is 0.422 e. The topological polar surface area (TPSA) is 49.9 Å². The molecule has 1 saturated heterocycles. The molecule has 1 saturated carbocycles. The van der Waals surface area contributed by atoms with Crippen LogP contribution in [0, 0.1) is 5.82 Å². The number of alkyl halides is 3. The average molecular weight is 414 g/mol. The molecule has 4 rings (SSSR count). The Morgan fingerprint density at radius 1 is 1.17 bits per heavy atom. The summed E-state index contributed by atoms with van der Waals surface area (Å²) in [6.45, 7) is -1.20. The fraction of sp³-hybridized carbons (Fsp3) is 0.600. The number of carbonyl (C=O) groups excluding carboxylic acids is 2. The second-order valence-electron chi connectivity index (χ2n) is 8.07. The van der Waals surface area contributed by atoms with Crippen molar-refractivity contribution in [2.24, 2.45) is 0 Å². The van der Waals surface area contributed by atoms with E-state index in [0.29, 0.717) is 30.6 Å². The van der Waals surface area contributed by atoms with Gasteiger partial charge in [0, 0.05) is 24.1 Å². The largest absolute Gasteiger partial charge is 0.440 e. The molecule has 0 aromatic heterocycles. The zero-order chi connectivity index (χ0) is 20.8. The fourth-order valence-electron chi connectivity index (χ4n) is 5.03. The Morgan fingerprint density at radius 3 is 2.59 bits per heavy atom. The van der Waals surface area contributed by atoms with Crippen LogP contribution in [0.4, 0.5) is 28.0 Å². The van der Waals surface area contributed by atoms with Gasteiger partial charge in [-0.15, -0.1) is 0 Å². The number of benzene rings is 1. The van der Waals surface area contributed by atoms with E-state index in [0.717, 1.165) is 30.6 Å². The molecule has 2 fully saturated rings. The molecule has 2 amide bonds. The lowest BCUT2D eigenvalue weighted by atomic mass is 9.80. The predicted octanol–water partition coefficient (Wildman–Crippen LogP) is 4.15. The number of halogens is 4. The normalized spacial score (nSPS) is 23.0. The fourth-order valence-corrected chi connectivity index (χ4v) is 5.03. The van der Waals surface area contributed by atoms with Gasteiger partial charge in [0.25, 0.3) is 0 Å². The highest BCUT2D eigenvalue weighted by Crippen LogP contribution is 2.51. The summed E-state index contributed by atoms with van der Waals surface area (Å²) in [6.07, 6.45) is -1.47. The number of carbonyl (C=O) groups is 2. The minimum atomic E-state index is -4.63. The van der Waals surface area contributed by atoms with Crippen LogP contribution in [0.5, 0.6) is 0 Å². The van der Waals surface area contributed by atoms with E-state index in [1.54, 1.807) is 12.1 Å². The molecule has 0 bridgehead atoms. The number of likely N-dealkylation sites (tertiary alicyclic amines) is 1. The van der Waals surface area contributed by atoms with E-state index < -0.39 is 30.3 Å². The smallest absolute Gasteiger partial charge is 0.422 e. The molecule has 2 aliphatic heterocycles. The van der Waals surface area contributed by atoms with Crippen molar-refractivity contribution in [2.45, 2.75) is 56.2 Å². The highest BCUT2D eigenvalue weighted by atomic mass is 19.4. The third-order valence-electron chi connectivity index (χ3n) is 6.23. The van der Waals surface area contributed by atoms with Crippen LogP contribution in [0.25, 0.3) is 0 Å². The average Bonchev–Trinajstić information content (AvgIpc) is 3.39. The van der Waals surface area contributed by atoms with Gasteiger partial charge in [0.2, 0.25) is 5.91 Å². The van der Waals surface area contributed by atoms with Gasteiger partial charge in [0.1, 0.15) is 11.9 Å². The van der Waals surface area contributed by atoms with Gasteiger partial charge in [-0.05, 0) is 37.8 Å². The maximum atomic E-state index is 14.7. The van der Waals surface area contributed by atoms with Crippen LogP contribution >= 0.6 is 0 Å². The summed E-state index contributed by atoms with van der Waals surface area (Å²) in [6, 6.07) is 3.74. The zero-order valence-electron chi connectivity index (χ0n) is 15.8. The molecule has 5 nitrogen and oxygen atoms in total. The number of ether oxygens (including phenoxy) is 1. The molecule has 29 heavy (non-hydrogen) atoms. The highest BCUT2D eigenvalue weighted by Gasteiger charge is 2.50. The molecule has 1 atom stereocenters. The molecular weight excluding hydrogens is 392 g/mol. The monoisotopic (exact) mass is 414 g/mol. The van der Waals surface area contributed by atoms with E-state index in [4.69, 9.17) is 0 Å².